The summed E-state index contributed by atoms with van der Waals surface area (Å²) in [6, 6.07) is 30.6. The molecule has 2 N–H and O–H groups in total. The van der Waals surface area contributed by atoms with Crippen LogP contribution in [0.15, 0.2) is 91.0 Å². The molecular weight excluding hydrogens is 470 g/mol. The fourth-order valence-corrected chi connectivity index (χ4v) is 5.22. The Labute approximate surface area is 222 Å². The molecule has 0 unspecified atom stereocenters. The number of aliphatic hydroxyl groups excluding tert-OH is 1. The van der Waals surface area contributed by atoms with E-state index in [0.29, 0.717) is 12.2 Å². The number of nitrogens with one attached hydrogen (secondary N) is 1. The predicted octanol–water partition coefficient (Wildman–Crippen LogP) is 5.85. The molecule has 38 heavy (non-hydrogen) atoms. The molecule has 4 aromatic carbocycles. The minimum Gasteiger partial charge on any atom is -0.392 e. The van der Waals surface area contributed by atoms with Crippen LogP contribution in [0.1, 0.15) is 33.6 Å². The molecule has 5 aromatic rings. The first-order valence-corrected chi connectivity index (χ1v) is 13.1. The number of aromatic nitrogens is 2. The van der Waals surface area contributed by atoms with Gasteiger partial charge in [-0.3, -0.25) is 4.79 Å². The van der Waals surface area contributed by atoms with Crippen LogP contribution in [0, 0.1) is 0 Å². The van der Waals surface area contributed by atoms with Crippen LogP contribution in [0.2, 0.25) is 0 Å². The van der Waals surface area contributed by atoms with Gasteiger partial charge in [-0.05, 0) is 58.7 Å². The lowest BCUT2D eigenvalue weighted by Gasteiger charge is -2.21. The standard InChI is InChI=1S/C33H29N3O2/c37-21-24-11-15-28-27(19-24)14-17-29-32(28)34-30(16-12-22-6-2-1-3-7-22)33(35-29)36-31(38)20-23-10-13-25-8-4-5-9-26(25)18-23/h1-11,13,15,18-19,37H,12,14,16-17,20-21H2,(H,35,36,38). The van der Waals surface area contributed by atoms with Gasteiger partial charge in [0, 0.05) is 5.56 Å². The average molecular weight is 500 g/mol. The molecule has 1 heterocycles. The first-order valence-electron chi connectivity index (χ1n) is 13.1. The van der Waals surface area contributed by atoms with Gasteiger partial charge in [0.1, 0.15) is 0 Å². The van der Waals surface area contributed by atoms with Crippen LogP contribution < -0.4 is 5.32 Å². The number of hydrogen-bond acceptors (Lipinski definition) is 4. The summed E-state index contributed by atoms with van der Waals surface area (Å²) in [4.78, 5) is 23.2. The van der Waals surface area contributed by atoms with E-state index in [1.54, 1.807) is 0 Å². The van der Waals surface area contributed by atoms with E-state index in [-0.39, 0.29) is 18.9 Å². The number of carbonyl (C=O) groups is 1. The Hall–Kier alpha value is -4.35. The number of nitrogens with zero attached hydrogens (tertiary/aromatic N) is 2. The second-order valence-corrected chi connectivity index (χ2v) is 9.86. The Bertz CT molecular complexity index is 1630. The molecule has 0 radical (unpaired) electrons. The van der Waals surface area contributed by atoms with Crippen molar-refractivity contribution in [2.75, 3.05) is 5.32 Å². The van der Waals surface area contributed by atoms with Crippen LogP contribution in [0.4, 0.5) is 5.82 Å². The number of anilines is 1. The van der Waals surface area contributed by atoms with Gasteiger partial charge in [-0.15, -0.1) is 0 Å². The SMILES string of the molecule is O=C(Cc1ccc2ccccc2c1)Nc1nc2c(nc1CCc1ccccc1)-c1ccc(CO)cc1CC2. The van der Waals surface area contributed by atoms with Gasteiger partial charge < -0.3 is 10.4 Å². The number of benzene rings is 4. The van der Waals surface area contributed by atoms with E-state index in [4.69, 9.17) is 9.97 Å². The first kappa shape index (κ1) is 24.0. The summed E-state index contributed by atoms with van der Waals surface area (Å²) in [6.45, 7) is 0.0241. The molecule has 0 fully saturated rings. The fourth-order valence-electron chi connectivity index (χ4n) is 5.22. The first-order chi connectivity index (χ1) is 18.7. The van der Waals surface area contributed by atoms with Gasteiger partial charge in [-0.1, -0.05) is 91.0 Å². The molecule has 5 heteroatoms. The molecule has 1 aliphatic carbocycles. The van der Waals surface area contributed by atoms with Crippen molar-refractivity contribution in [3.05, 3.63) is 125 Å². The number of hydrogen-bond donors (Lipinski definition) is 2. The van der Waals surface area contributed by atoms with E-state index < -0.39 is 0 Å². The molecule has 0 spiro atoms. The zero-order valence-electron chi connectivity index (χ0n) is 21.2. The molecule has 5 nitrogen and oxygen atoms in total. The third-order valence-electron chi connectivity index (χ3n) is 7.21. The minimum atomic E-state index is -0.0979. The molecule has 6 rings (SSSR count). The van der Waals surface area contributed by atoms with Gasteiger partial charge in [0.25, 0.3) is 0 Å². The molecule has 0 saturated carbocycles. The van der Waals surface area contributed by atoms with Crippen molar-refractivity contribution in [2.24, 2.45) is 0 Å². The van der Waals surface area contributed by atoms with E-state index in [2.05, 4.69) is 47.8 Å². The Morgan fingerprint density at radius 2 is 1.55 bits per heavy atom. The van der Waals surface area contributed by atoms with E-state index in [9.17, 15) is 9.90 Å². The summed E-state index contributed by atoms with van der Waals surface area (Å²) in [7, 11) is 0. The molecule has 188 valence electrons. The normalized spacial score (nSPS) is 12.1. The molecule has 0 saturated heterocycles. The molecule has 1 aliphatic rings. The maximum absolute atomic E-state index is 13.2. The van der Waals surface area contributed by atoms with Crippen LogP contribution in [0.25, 0.3) is 22.0 Å². The maximum Gasteiger partial charge on any atom is 0.229 e. The van der Waals surface area contributed by atoms with Gasteiger partial charge in [0.15, 0.2) is 5.82 Å². The van der Waals surface area contributed by atoms with Crippen LogP contribution in [-0.2, 0) is 43.5 Å². The predicted molar refractivity (Wildman–Crippen MR) is 151 cm³/mol. The summed E-state index contributed by atoms with van der Waals surface area (Å²) < 4.78 is 0. The van der Waals surface area contributed by atoms with Crippen molar-refractivity contribution in [2.45, 2.75) is 38.7 Å². The lowest BCUT2D eigenvalue weighted by atomic mass is 9.90. The van der Waals surface area contributed by atoms with Crippen molar-refractivity contribution >= 4 is 22.5 Å². The molecule has 1 amide bonds. The molecular formula is C33H29N3O2. The summed E-state index contributed by atoms with van der Waals surface area (Å²) in [6.07, 6.45) is 3.32. The van der Waals surface area contributed by atoms with Crippen molar-refractivity contribution in [3.8, 4) is 11.3 Å². The van der Waals surface area contributed by atoms with Crippen molar-refractivity contribution < 1.29 is 9.90 Å². The minimum absolute atomic E-state index is 0.0241. The number of fused-ring (bicyclic) bond motifs is 4. The smallest absolute Gasteiger partial charge is 0.229 e. The number of amides is 1. The van der Waals surface area contributed by atoms with E-state index in [1.165, 1.54) is 11.1 Å². The lowest BCUT2D eigenvalue weighted by molar-refractivity contribution is -0.115. The van der Waals surface area contributed by atoms with E-state index in [0.717, 1.165) is 63.8 Å². The van der Waals surface area contributed by atoms with Crippen LogP contribution in [-0.4, -0.2) is 21.0 Å². The summed E-state index contributed by atoms with van der Waals surface area (Å²) in [5, 5.41) is 14.9. The van der Waals surface area contributed by atoms with Crippen LogP contribution in [0.5, 0.6) is 0 Å². The van der Waals surface area contributed by atoms with Crippen LogP contribution >= 0.6 is 0 Å². The average Bonchev–Trinajstić information content (AvgIpc) is 2.96. The Balaban J connectivity index is 1.30. The summed E-state index contributed by atoms with van der Waals surface area (Å²) >= 11 is 0. The highest BCUT2D eigenvalue weighted by atomic mass is 16.3. The molecule has 1 aromatic heterocycles. The van der Waals surface area contributed by atoms with Gasteiger partial charge in [0.2, 0.25) is 5.91 Å². The van der Waals surface area contributed by atoms with Crippen LogP contribution in [0.3, 0.4) is 0 Å². The molecule has 0 atom stereocenters. The fraction of sp³-hybridized carbons (Fsp3) is 0.182. The zero-order chi connectivity index (χ0) is 25.9. The van der Waals surface area contributed by atoms with E-state index >= 15 is 0 Å². The molecule has 0 aliphatic heterocycles. The third-order valence-corrected chi connectivity index (χ3v) is 7.21. The summed E-state index contributed by atoms with van der Waals surface area (Å²) in [5.74, 6) is 0.459. The highest BCUT2D eigenvalue weighted by Gasteiger charge is 2.23. The molecule has 0 bridgehead atoms. The Kier molecular flexibility index (Phi) is 6.67. The van der Waals surface area contributed by atoms with Gasteiger partial charge in [0.05, 0.1) is 30.1 Å². The highest BCUT2D eigenvalue weighted by molar-refractivity contribution is 5.93. The van der Waals surface area contributed by atoms with Crippen molar-refractivity contribution in [1.29, 1.82) is 0 Å². The van der Waals surface area contributed by atoms with E-state index in [1.807, 2.05) is 48.5 Å². The third kappa shape index (κ3) is 5.06. The number of rotatable bonds is 7. The second kappa shape index (κ2) is 10.6. The Morgan fingerprint density at radius 1 is 0.763 bits per heavy atom. The lowest BCUT2D eigenvalue weighted by Crippen LogP contribution is -2.20. The number of carbonyl (C=O) groups excluding carboxylic acids is 1. The second-order valence-electron chi connectivity index (χ2n) is 9.86. The largest absolute Gasteiger partial charge is 0.392 e. The van der Waals surface area contributed by atoms with Crippen molar-refractivity contribution in [3.63, 3.8) is 0 Å². The highest BCUT2D eigenvalue weighted by Crippen LogP contribution is 2.34. The Morgan fingerprint density at radius 3 is 2.39 bits per heavy atom. The number of aryl methyl sites for hydroxylation is 4. The number of aliphatic hydroxyl groups is 1. The topological polar surface area (TPSA) is 75.1 Å². The van der Waals surface area contributed by atoms with Crippen molar-refractivity contribution in [1.82, 2.24) is 9.97 Å². The van der Waals surface area contributed by atoms with Gasteiger partial charge in [-0.25, -0.2) is 9.97 Å². The van der Waals surface area contributed by atoms with Gasteiger partial charge >= 0.3 is 0 Å². The summed E-state index contributed by atoms with van der Waals surface area (Å²) in [5.41, 5.74) is 7.90. The quantitative estimate of drug-likeness (QED) is 0.294. The van der Waals surface area contributed by atoms with Gasteiger partial charge in [-0.2, -0.15) is 0 Å². The monoisotopic (exact) mass is 499 g/mol. The maximum atomic E-state index is 13.2. The zero-order valence-corrected chi connectivity index (χ0v) is 21.2.